The van der Waals surface area contributed by atoms with Gasteiger partial charge in [-0.2, -0.15) is 0 Å². The van der Waals surface area contributed by atoms with Gasteiger partial charge in [-0.15, -0.1) is 0 Å². The van der Waals surface area contributed by atoms with Gasteiger partial charge in [-0.25, -0.2) is 0 Å². The predicted molar refractivity (Wildman–Crippen MR) is 74.1 cm³/mol. The van der Waals surface area contributed by atoms with Crippen molar-refractivity contribution in [1.29, 1.82) is 0 Å². The summed E-state index contributed by atoms with van der Waals surface area (Å²) in [7, 11) is 2.02. The normalized spacial score (nSPS) is 20.9. The van der Waals surface area contributed by atoms with Gasteiger partial charge in [-0.1, -0.05) is 37.6 Å². The quantitative estimate of drug-likeness (QED) is 0.821. The lowest BCUT2D eigenvalue weighted by molar-refractivity contribution is 0.0819. The molecule has 0 aliphatic carbocycles. The van der Waals surface area contributed by atoms with Crippen LogP contribution in [0.25, 0.3) is 0 Å². The molecule has 3 nitrogen and oxygen atoms in total. The lowest BCUT2D eigenvalue weighted by Crippen LogP contribution is -2.53. The van der Waals surface area contributed by atoms with E-state index >= 15 is 0 Å². The van der Waals surface area contributed by atoms with Crippen molar-refractivity contribution in [3.63, 3.8) is 0 Å². The SMILES string of the molecule is CCCc1ccc(C(=O)C2CNCCN2C)cc1. The monoisotopic (exact) mass is 246 g/mol. The van der Waals surface area contributed by atoms with E-state index in [9.17, 15) is 4.79 Å². The van der Waals surface area contributed by atoms with E-state index in [1.54, 1.807) is 0 Å². The summed E-state index contributed by atoms with van der Waals surface area (Å²) in [6, 6.07) is 8.07. The molecule has 1 heterocycles. The van der Waals surface area contributed by atoms with Gasteiger partial charge in [-0.05, 0) is 19.0 Å². The van der Waals surface area contributed by atoms with Gasteiger partial charge >= 0.3 is 0 Å². The number of nitrogens with one attached hydrogen (secondary N) is 1. The van der Waals surface area contributed by atoms with Crippen LogP contribution >= 0.6 is 0 Å². The number of benzene rings is 1. The first-order valence-electron chi connectivity index (χ1n) is 6.76. The summed E-state index contributed by atoms with van der Waals surface area (Å²) in [5, 5.41) is 3.29. The van der Waals surface area contributed by atoms with Crippen LogP contribution < -0.4 is 5.32 Å². The van der Waals surface area contributed by atoms with Crippen molar-refractivity contribution in [2.75, 3.05) is 26.7 Å². The second kappa shape index (κ2) is 6.12. The van der Waals surface area contributed by atoms with Crippen LogP contribution in [-0.4, -0.2) is 43.4 Å². The molecule has 1 fully saturated rings. The number of hydrogen-bond acceptors (Lipinski definition) is 3. The van der Waals surface area contributed by atoms with E-state index < -0.39 is 0 Å². The molecule has 0 aromatic heterocycles. The fourth-order valence-electron chi connectivity index (χ4n) is 2.42. The summed E-state index contributed by atoms with van der Waals surface area (Å²) >= 11 is 0. The van der Waals surface area contributed by atoms with Gasteiger partial charge in [0.05, 0.1) is 6.04 Å². The zero-order valence-electron chi connectivity index (χ0n) is 11.3. The summed E-state index contributed by atoms with van der Waals surface area (Å²) in [5.74, 6) is 0.229. The van der Waals surface area contributed by atoms with Gasteiger partial charge in [0.2, 0.25) is 0 Å². The Morgan fingerprint density at radius 1 is 1.39 bits per heavy atom. The zero-order chi connectivity index (χ0) is 13.0. The Bertz CT molecular complexity index is 399. The topological polar surface area (TPSA) is 32.3 Å². The van der Waals surface area contributed by atoms with Crippen LogP contribution in [0.5, 0.6) is 0 Å². The molecule has 2 rings (SSSR count). The van der Waals surface area contributed by atoms with E-state index in [1.807, 2.05) is 19.2 Å². The van der Waals surface area contributed by atoms with Crippen LogP contribution in [0.4, 0.5) is 0 Å². The van der Waals surface area contributed by atoms with E-state index in [0.29, 0.717) is 0 Å². The maximum atomic E-state index is 12.4. The number of hydrogen-bond donors (Lipinski definition) is 1. The average molecular weight is 246 g/mol. The summed E-state index contributed by atoms with van der Waals surface area (Å²) in [5.41, 5.74) is 2.14. The number of Topliss-reactive ketones (excluding diaryl/α,β-unsaturated/α-hetero) is 1. The van der Waals surface area contributed by atoms with Gasteiger partial charge in [0.1, 0.15) is 0 Å². The van der Waals surface area contributed by atoms with E-state index in [4.69, 9.17) is 0 Å². The van der Waals surface area contributed by atoms with Crippen LogP contribution in [0.2, 0.25) is 0 Å². The number of carbonyl (C=O) groups is 1. The number of carbonyl (C=O) groups excluding carboxylic acids is 1. The number of ketones is 1. The minimum absolute atomic E-state index is 0.0178. The molecular formula is C15H22N2O. The summed E-state index contributed by atoms with van der Waals surface area (Å²) in [6.07, 6.45) is 2.22. The molecule has 1 aromatic carbocycles. The standard InChI is InChI=1S/C15H22N2O/c1-3-4-12-5-7-13(8-6-12)15(18)14-11-16-9-10-17(14)2/h5-8,14,16H,3-4,9-11H2,1-2H3. The minimum Gasteiger partial charge on any atom is -0.313 e. The van der Waals surface area contributed by atoms with E-state index in [0.717, 1.165) is 38.0 Å². The largest absolute Gasteiger partial charge is 0.313 e. The molecule has 0 saturated carbocycles. The minimum atomic E-state index is -0.0178. The molecule has 0 bridgehead atoms. The number of likely N-dealkylation sites (N-methyl/N-ethyl adjacent to an activating group) is 1. The molecule has 1 saturated heterocycles. The van der Waals surface area contributed by atoms with Gasteiger partial charge in [0.15, 0.2) is 5.78 Å². The lowest BCUT2D eigenvalue weighted by atomic mass is 9.99. The van der Waals surface area contributed by atoms with Gasteiger partial charge in [0.25, 0.3) is 0 Å². The molecule has 3 heteroatoms. The fraction of sp³-hybridized carbons (Fsp3) is 0.533. The predicted octanol–water partition coefficient (Wildman–Crippen LogP) is 1.73. The highest BCUT2D eigenvalue weighted by molar-refractivity contribution is 6.00. The maximum absolute atomic E-state index is 12.4. The highest BCUT2D eigenvalue weighted by Crippen LogP contribution is 2.12. The first-order chi connectivity index (χ1) is 8.72. The lowest BCUT2D eigenvalue weighted by Gasteiger charge is -2.31. The molecule has 1 atom stereocenters. The van der Waals surface area contributed by atoms with Gasteiger partial charge in [0, 0.05) is 25.2 Å². The van der Waals surface area contributed by atoms with E-state index in [1.165, 1.54) is 5.56 Å². The Labute approximate surface area is 109 Å². The van der Waals surface area contributed by atoms with Crippen molar-refractivity contribution in [3.05, 3.63) is 35.4 Å². The maximum Gasteiger partial charge on any atom is 0.181 e. The Hall–Kier alpha value is -1.19. The van der Waals surface area contributed by atoms with Crippen LogP contribution in [0.1, 0.15) is 29.3 Å². The van der Waals surface area contributed by atoms with Crippen LogP contribution in [0.15, 0.2) is 24.3 Å². The van der Waals surface area contributed by atoms with E-state index in [-0.39, 0.29) is 11.8 Å². The smallest absolute Gasteiger partial charge is 0.181 e. The number of aryl methyl sites for hydroxylation is 1. The molecule has 1 aromatic rings. The van der Waals surface area contributed by atoms with E-state index in [2.05, 4.69) is 29.3 Å². The third-order valence-corrected chi connectivity index (χ3v) is 3.59. The molecule has 0 spiro atoms. The first-order valence-corrected chi connectivity index (χ1v) is 6.76. The second-order valence-electron chi connectivity index (χ2n) is 5.01. The highest BCUT2D eigenvalue weighted by atomic mass is 16.1. The number of rotatable bonds is 4. The second-order valence-corrected chi connectivity index (χ2v) is 5.01. The van der Waals surface area contributed by atoms with Gasteiger partial charge in [-0.3, -0.25) is 9.69 Å². The Balaban J connectivity index is 2.08. The van der Waals surface area contributed by atoms with Crippen LogP contribution in [0, 0.1) is 0 Å². The molecule has 0 radical (unpaired) electrons. The Morgan fingerprint density at radius 2 is 2.11 bits per heavy atom. The van der Waals surface area contributed by atoms with Crippen molar-refractivity contribution in [2.24, 2.45) is 0 Å². The highest BCUT2D eigenvalue weighted by Gasteiger charge is 2.26. The summed E-state index contributed by atoms with van der Waals surface area (Å²) in [4.78, 5) is 14.5. The fourth-order valence-corrected chi connectivity index (χ4v) is 2.42. The zero-order valence-corrected chi connectivity index (χ0v) is 11.3. The van der Waals surface area contributed by atoms with Crippen LogP contribution in [-0.2, 0) is 6.42 Å². The van der Waals surface area contributed by atoms with Crippen molar-refractivity contribution >= 4 is 5.78 Å². The molecule has 1 aliphatic heterocycles. The molecule has 1 unspecified atom stereocenters. The molecule has 1 N–H and O–H groups in total. The van der Waals surface area contributed by atoms with Crippen molar-refractivity contribution < 1.29 is 4.79 Å². The first kappa shape index (κ1) is 13.2. The number of piperazine rings is 1. The van der Waals surface area contributed by atoms with Crippen molar-refractivity contribution in [2.45, 2.75) is 25.8 Å². The Morgan fingerprint density at radius 3 is 2.72 bits per heavy atom. The molecule has 18 heavy (non-hydrogen) atoms. The third-order valence-electron chi connectivity index (χ3n) is 3.59. The van der Waals surface area contributed by atoms with Crippen molar-refractivity contribution in [3.8, 4) is 0 Å². The van der Waals surface area contributed by atoms with Gasteiger partial charge < -0.3 is 5.32 Å². The molecule has 1 aliphatic rings. The average Bonchev–Trinajstić information content (AvgIpc) is 2.40. The van der Waals surface area contributed by atoms with Crippen LogP contribution in [0.3, 0.4) is 0 Å². The summed E-state index contributed by atoms with van der Waals surface area (Å²) < 4.78 is 0. The molecule has 0 amide bonds. The molecular weight excluding hydrogens is 224 g/mol. The Kier molecular flexibility index (Phi) is 4.50. The summed E-state index contributed by atoms with van der Waals surface area (Å²) in [6.45, 7) is 4.83. The van der Waals surface area contributed by atoms with Crippen molar-refractivity contribution in [1.82, 2.24) is 10.2 Å². The third kappa shape index (κ3) is 2.98. The molecule has 98 valence electrons. The number of nitrogens with zero attached hydrogens (tertiary/aromatic N) is 1.